The van der Waals surface area contributed by atoms with Gasteiger partial charge >= 0.3 is 0 Å². The molecular formula is C11H16N2O3S. The molecule has 1 heterocycles. The van der Waals surface area contributed by atoms with Crippen LogP contribution in [0.2, 0.25) is 0 Å². The molecule has 0 radical (unpaired) electrons. The Bertz CT molecular complexity index is 511. The molecule has 0 atom stereocenters. The highest BCUT2D eigenvalue weighted by Crippen LogP contribution is 2.05. The molecule has 5 nitrogen and oxygen atoms in total. The summed E-state index contributed by atoms with van der Waals surface area (Å²) in [5.41, 5.74) is 1.80. The number of aryl methyl sites for hydroxylation is 1. The van der Waals surface area contributed by atoms with Crippen molar-refractivity contribution < 1.29 is 13.2 Å². The molecule has 0 saturated heterocycles. The van der Waals surface area contributed by atoms with Gasteiger partial charge < -0.3 is 4.90 Å². The number of pyridine rings is 1. The van der Waals surface area contributed by atoms with Crippen molar-refractivity contribution in [3.63, 3.8) is 0 Å². The molecule has 0 aliphatic heterocycles. The van der Waals surface area contributed by atoms with Crippen molar-refractivity contribution >= 4 is 15.7 Å². The Morgan fingerprint density at radius 2 is 2.12 bits per heavy atom. The van der Waals surface area contributed by atoms with Gasteiger partial charge in [-0.05, 0) is 24.6 Å². The van der Waals surface area contributed by atoms with Crippen LogP contribution in [0.15, 0.2) is 18.3 Å². The Labute approximate surface area is 101 Å². The second kappa shape index (κ2) is 5.27. The van der Waals surface area contributed by atoms with Crippen molar-refractivity contribution in [3.8, 4) is 0 Å². The summed E-state index contributed by atoms with van der Waals surface area (Å²) in [4.78, 5) is 17.0. The van der Waals surface area contributed by atoms with Gasteiger partial charge in [-0.25, -0.2) is 8.42 Å². The van der Waals surface area contributed by atoms with Gasteiger partial charge in [0, 0.05) is 31.7 Å². The molecule has 0 N–H and O–H groups in total. The highest BCUT2D eigenvalue weighted by atomic mass is 32.2. The van der Waals surface area contributed by atoms with Crippen LogP contribution in [0.25, 0.3) is 0 Å². The SMILES string of the molecule is Cc1cc(CN(C)C(=O)CS(C)(=O)=O)ccn1. The molecule has 0 saturated carbocycles. The molecule has 94 valence electrons. The number of rotatable bonds is 4. The molecule has 0 aromatic carbocycles. The molecule has 0 unspecified atom stereocenters. The fraction of sp³-hybridized carbons (Fsp3) is 0.455. The van der Waals surface area contributed by atoms with E-state index >= 15 is 0 Å². The molecular weight excluding hydrogens is 240 g/mol. The minimum absolute atomic E-state index is 0.387. The molecule has 1 aromatic rings. The van der Waals surface area contributed by atoms with Crippen LogP contribution in [-0.2, 0) is 21.2 Å². The highest BCUT2D eigenvalue weighted by molar-refractivity contribution is 7.91. The average molecular weight is 256 g/mol. The number of nitrogens with zero attached hydrogens (tertiary/aromatic N) is 2. The van der Waals surface area contributed by atoms with Gasteiger partial charge in [-0.1, -0.05) is 0 Å². The van der Waals surface area contributed by atoms with E-state index in [9.17, 15) is 13.2 Å². The van der Waals surface area contributed by atoms with Crippen molar-refractivity contribution in [2.75, 3.05) is 19.1 Å². The minimum atomic E-state index is -3.27. The van der Waals surface area contributed by atoms with E-state index in [1.807, 2.05) is 13.0 Å². The van der Waals surface area contributed by atoms with E-state index in [0.717, 1.165) is 17.5 Å². The monoisotopic (exact) mass is 256 g/mol. The van der Waals surface area contributed by atoms with Gasteiger partial charge in [0.05, 0.1) is 0 Å². The van der Waals surface area contributed by atoms with Crippen LogP contribution in [0.4, 0.5) is 0 Å². The van der Waals surface area contributed by atoms with E-state index in [0.29, 0.717) is 6.54 Å². The van der Waals surface area contributed by atoms with Crippen LogP contribution < -0.4 is 0 Å². The zero-order valence-corrected chi connectivity index (χ0v) is 11.0. The summed E-state index contributed by atoms with van der Waals surface area (Å²) >= 11 is 0. The Balaban J connectivity index is 2.66. The smallest absolute Gasteiger partial charge is 0.237 e. The van der Waals surface area contributed by atoms with Crippen molar-refractivity contribution in [2.45, 2.75) is 13.5 Å². The quantitative estimate of drug-likeness (QED) is 0.781. The van der Waals surface area contributed by atoms with Gasteiger partial charge in [-0.3, -0.25) is 9.78 Å². The molecule has 0 spiro atoms. The molecule has 1 aromatic heterocycles. The third kappa shape index (κ3) is 4.95. The van der Waals surface area contributed by atoms with Gasteiger partial charge in [0.1, 0.15) is 5.75 Å². The van der Waals surface area contributed by atoms with Gasteiger partial charge in [-0.15, -0.1) is 0 Å². The molecule has 1 rings (SSSR count). The zero-order valence-electron chi connectivity index (χ0n) is 10.2. The maximum atomic E-state index is 11.6. The molecule has 1 amide bonds. The number of sulfone groups is 1. The summed E-state index contributed by atoms with van der Waals surface area (Å²) in [6.45, 7) is 2.25. The van der Waals surface area contributed by atoms with Crippen molar-refractivity contribution in [1.29, 1.82) is 0 Å². The topological polar surface area (TPSA) is 67.3 Å². The largest absolute Gasteiger partial charge is 0.341 e. The highest BCUT2D eigenvalue weighted by Gasteiger charge is 2.15. The first kappa shape index (κ1) is 13.6. The number of hydrogen-bond acceptors (Lipinski definition) is 4. The van der Waals surface area contributed by atoms with Crippen LogP contribution in [0.5, 0.6) is 0 Å². The van der Waals surface area contributed by atoms with Crippen LogP contribution in [-0.4, -0.2) is 43.3 Å². The van der Waals surface area contributed by atoms with Crippen LogP contribution in [0, 0.1) is 6.92 Å². The van der Waals surface area contributed by atoms with E-state index in [1.165, 1.54) is 4.90 Å². The van der Waals surface area contributed by atoms with E-state index < -0.39 is 21.5 Å². The lowest BCUT2D eigenvalue weighted by Crippen LogP contribution is -2.31. The van der Waals surface area contributed by atoms with Crippen molar-refractivity contribution in [1.82, 2.24) is 9.88 Å². The van der Waals surface area contributed by atoms with E-state index in [4.69, 9.17) is 0 Å². The van der Waals surface area contributed by atoms with E-state index in [2.05, 4.69) is 4.98 Å². The van der Waals surface area contributed by atoms with Gasteiger partial charge in [0.15, 0.2) is 9.84 Å². The van der Waals surface area contributed by atoms with Gasteiger partial charge in [0.25, 0.3) is 0 Å². The number of amides is 1. The summed E-state index contributed by atoms with van der Waals surface area (Å²) in [5.74, 6) is -0.852. The summed E-state index contributed by atoms with van der Waals surface area (Å²) < 4.78 is 22.0. The van der Waals surface area contributed by atoms with Crippen LogP contribution >= 0.6 is 0 Å². The van der Waals surface area contributed by atoms with Gasteiger partial charge in [-0.2, -0.15) is 0 Å². The lowest BCUT2D eigenvalue weighted by molar-refractivity contribution is -0.127. The number of carbonyl (C=O) groups excluding carboxylic acids is 1. The van der Waals surface area contributed by atoms with Crippen LogP contribution in [0.1, 0.15) is 11.3 Å². The molecule has 0 aliphatic carbocycles. The summed E-state index contributed by atoms with van der Waals surface area (Å²) in [5, 5.41) is 0. The van der Waals surface area contributed by atoms with E-state index in [-0.39, 0.29) is 0 Å². The minimum Gasteiger partial charge on any atom is -0.341 e. The molecule has 0 fully saturated rings. The fourth-order valence-electron chi connectivity index (χ4n) is 1.40. The standard InChI is InChI=1S/C11H16N2O3S/c1-9-6-10(4-5-12-9)7-13(2)11(14)8-17(3,15)16/h4-6H,7-8H2,1-3H3. The lowest BCUT2D eigenvalue weighted by Gasteiger charge is -2.16. The summed E-state index contributed by atoms with van der Waals surface area (Å²) in [7, 11) is -1.69. The second-order valence-corrected chi connectivity index (χ2v) is 6.27. The number of hydrogen-bond donors (Lipinski definition) is 0. The summed E-state index contributed by atoms with van der Waals surface area (Å²) in [6.07, 6.45) is 2.72. The molecule has 0 bridgehead atoms. The molecule has 6 heteroatoms. The first-order valence-electron chi connectivity index (χ1n) is 5.11. The predicted molar refractivity (Wildman–Crippen MR) is 65.2 cm³/mol. The first-order valence-corrected chi connectivity index (χ1v) is 7.17. The Morgan fingerprint density at radius 3 is 2.65 bits per heavy atom. The molecule has 17 heavy (non-hydrogen) atoms. The predicted octanol–water partition coefficient (Wildman–Crippen LogP) is 0.393. The number of aromatic nitrogens is 1. The number of carbonyl (C=O) groups is 1. The maximum absolute atomic E-state index is 11.6. The zero-order chi connectivity index (χ0) is 13.1. The first-order chi connectivity index (χ1) is 7.78. The normalized spacial score (nSPS) is 11.2. The van der Waals surface area contributed by atoms with Crippen LogP contribution in [0.3, 0.4) is 0 Å². The van der Waals surface area contributed by atoms with Crippen molar-refractivity contribution in [2.24, 2.45) is 0 Å². The average Bonchev–Trinajstić information content (AvgIpc) is 2.14. The Hall–Kier alpha value is -1.43. The fourth-order valence-corrected chi connectivity index (χ4v) is 2.07. The molecule has 0 aliphatic rings. The summed E-state index contributed by atoms with van der Waals surface area (Å²) in [6, 6.07) is 3.67. The lowest BCUT2D eigenvalue weighted by atomic mass is 10.2. The maximum Gasteiger partial charge on any atom is 0.237 e. The second-order valence-electron chi connectivity index (χ2n) is 4.13. The van der Waals surface area contributed by atoms with Crippen molar-refractivity contribution in [3.05, 3.63) is 29.6 Å². The Morgan fingerprint density at radius 1 is 1.47 bits per heavy atom. The van der Waals surface area contributed by atoms with Gasteiger partial charge in [0.2, 0.25) is 5.91 Å². The van der Waals surface area contributed by atoms with E-state index in [1.54, 1.807) is 19.3 Å². The Kier molecular flexibility index (Phi) is 4.22. The third-order valence-corrected chi connectivity index (χ3v) is 2.96. The third-order valence-electron chi connectivity index (χ3n) is 2.19.